The Balaban J connectivity index is 1.87. The monoisotopic (exact) mass is 209 g/mol. The summed E-state index contributed by atoms with van der Waals surface area (Å²) in [5.41, 5.74) is 0.808. The van der Waals surface area contributed by atoms with Crippen molar-refractivity contribution in [1.29, 1.82) is 0 Å². The number of likely N-dealkylation sites (tertiary alicyclic amines) is 1. The summed E-state index contributed by atoms with van der Waals surface area (Å²) in [6.07, 6.45) is 3.96. The number of aromatic nitrogens is 1. The third-order valence-corrected chi connectivity index (χ3v) is 2.94. The highest BCUT2D eigenvalue weighted by molar-refractivity contribution is 5.41. The lowest BCUT2D eigenvalue weighted by Gasteiger charge is -2.20. The minimum atomic E-state index is -0.431. The van der Waals surface area contributed by atoms with Crippen LogP contribution in [-0.4, -0.2) is 36.1 Å². The molecule has 1 aliphatic heterocycles. The van der Waals surface area contributed by atoms with E-state index < -0.39 is 5.95 Å². The van der Waals surface area contributed by atoms with Gasteiger partial charge in [-0.3, -0.25) is 0 Å². The Bertz CT molecular complexity index is 329. The highest BCUT2D eigenvalue weighted by Gasteiger charge is 2.19. The van der Waals surface area contributed by atoms with E-state index in [1.165, 1.54) is 25.1 Å². The molecule has 0 aliphatic carbocycles. The molecule has 1 aromatic rings. The molecule has 82 valence electrons. The fraction of sp³-hybridized carbons (Fsp3) is 0.545. The highest BCUT2D eigenvalue weighted by atomic mass is 19.1. The van der Waals surface area contributed by atoms with Gasteiger partial charge in [-0.1, -0.05) is 0 Å². The van der Waals surface area contributed by atoms with E-state index in [-0.39, 0.29) is 0 Å². The Morgan fingerprint density at radius 3 is 3.20 bits per heavy atom. The van der Waals surface area contributed by atoms with Crippen LogP contribution < -0.4 is 5.32 Å². The van der Waals surface area contributed by atoms with E-state index in [2.05, 4.69) is 22.2 Å². The van der Waals surface area contributed by atoms with Gasteiger partial charge in [0.25, 0.3) is 0 Å². The van der Waals surface area contributed by atoms with Crippen LogP contribution in [0.4, 0.5) is 10.1 Å². The molecule has 3 nitrogen and oxygen atoms in total. The summed E-state index contributed by atoms with van der Waals surface area (Å²) in [5, 5.41) is 3.24. The van der Waals surface area contributed by atoms with Crippen molar-refractivity contribution in [3.63, 3.8) is 0 Å². The number of hydrogen-bond donors (Lipinski definition) is 1. The summed E-state index contributed by atoms with van der Waals surface area (Å²) < 4.78 is 12.8. The van der Waals surface area contributed by atoms with Crippen molar-refractivity contribution in [3.8, 4) is 0 Å². The molecular formula is C11H16FN3. The quantitative estimate of drug-likeness (QED) is 0.768. The number of rotatable bonds is 3. The van der Waals surface area contributed by atoms with Crippen LogP contribution in [0.5, 0.6) is 0 Å². The number of halogens is 1. The minimum Gasteiger partial charge on any atom is -0.383 e. The van der Waals surface area contributed by atoms with Gasteiger partial charge in [0.2, 0.25) is 5.95 Å². The number of anilines is 1. The maximum absolute atomic E-state index is 12.8. The summed E-state index contributed by atoms with van der Waals surface area (Å²) >= 11 is 0. The molecule has 4 heteroatoms. The van der Waals surface area contributed by atoms with Crippen molar-refractivity contribution in [2.75, 3.05) is 25.5 Å². The van der Waals surface area contributed by atoms with Crippen molar-refractivity contribution in [2.24, 2.45) is 0 Å². The number of nitrogens with one attached hydrogen (secondary N) is 1. The molecule has 1 saturated heterocycles. The molecule has 2 rings (SSSR count). The average Bonchev–Trinajstić information content (AvgIpc) is 2.61. The molecule has 1 fully saturated rings. The van der Waals surface area contributed by atoms with E-state index in [9.17, 15) is 4.39 Å². The van der Waals surface area contributed by atoms with Gasteiger partial charge in [0, 0.05) is 30.5 Å². The van der Waals surface area contributed by atoms with Gasteiger partial charge in [0.05, 0.1) is 0 Å². The summed E-state index contributed by atoms with van der Waals surface area (Å²) in [4.78, 5) is 5.86. The van der Waals surface area contributed by atoms with Gasteiger partial charge in [0.15, 0.2) is 0 Å². The molecule has 0 bridgehead atoms. The normalized spacial score (nSPS) is 21.9. The van der Waals surface area contributed by atoms with Gasteiger partial charge in [0.1, 0.15) is 0 Å². The van der Waals surface area contributed by atoms with Gasteiger partial charge in [-0.05, 0) is 32.5 Å². The third-order valence-electron chi connectivity index (χ3n) is 2.94. The Kier molecular flexibility index (Phi) is 3.16. The van der Waals surface area contributed by atoms with E-state index in [0.717, 1.165) is 18.8 Å². The maximum Gasteiger partial charge on any atom is 0.214 e. The predicted molar refractivity (Wildman–Crippen MR) is 58.3 cm³/mol. The van der Waals surface area contributed by atoms with Gasteiger partial charge in [-0.25, -0.2) is 4.98 Å². The van der Waals surface area contributed by atoms with E-state index in [0.29, 0.717) is 6.04 Å². The molecule has 15 heavy (non-hydrogen) atoms. The lowest BCUT2D eigenvalue weighted by atomic mass is 10.2. The van der Waals surface area contributed by atoms with E-state index >= 15 is 0 Å². The van der Waals surface area contributed by atoms with Crippen molar-refractivity contribution in [1.82, 2.24) is 9.88 Å². The zero-order valence-electron chi connectivity index (χ0n) is 8.91. The number of likely N-dealkylation sites (N-methyl/N-ethyl adjacent to an activating group) is 1. The Labute approximate surface area is 89.3 Å². The number of hydrogen-bond acceptors (Lipinski definition) is 3. The second kappa shape index (κ2) is 4.57. The van der Waals surface area contributed by atoms with Crippen LogP contribution in [0.25, 0.3) is 0 Å². The summed E-state index contributed by atoms with van der Waals surface area (Å²) in [7, 11) is 2.13. The summed E-state index contributed by atoms with van der Waals surface area (Å²) in [5.74, 6) is -0.431. The molecule has 1 N–H and O–H groups in total. The fourth-order valence-corrected chi connectivity index (χ4v) is 1.99. The largest absolute Gasteiger partial charge is 0.383 e. The second-order valence-corrected chi connectivity index (χ2v) is 4.02. The lowest BCUT2D eigenvalue weighted by molar-refractivity contribution is 0.322. The molecule has 0 radical (unpaired) electrons. The maximum atomic E-state index is 12.8. The Hall–Kier alpha value is -1.16. The van der Waals surface area contributed by atoms with Gasteiger partial charge in [-0.15, -0.1) is 0 Å². The fourth-order valence-electron chi connectivity index (χ4n) is 1.99. The average molecular weight is 209 g/mol. The second-order valence-electron chi connectivity index (χ2n) is 4.02. The molecule has 0 spiro atoms. The first-order valence-electron chi connectivity index (χ1n) is 5.31. The minimum absolute atomic E-state index is 0.431. The molecule has 1 unspecified atom stereocenters. The lowest BCUT2D eigenvalue weighted by Crippen LogP contribution is -2.31. The van der Waals surface area contributed by atoms with Gasteiger partial charge in [-0.2, -0.15) is 4.39 Å². The smallest absolute Gasteiger partial charge is 0.214 e. The molecule has 0 amide bonds. The third kappa shape index (κ3) is 2.65. The van der Waals surface area contributed by atoms with Crippen LogP contribution in [0.3, 0.4) is 0 Å². The van der Waals surface area contributed by atoms with Gasteiger partial charge < -0.3 is 10.2 Å². The summed E-state index contributed by atoms with van der Waals surface area (Å²) in [6.45, 7) is 2.04. The highest BCUT2D eigenvalue weighted by Crippen LogP contribution is 2.15. The molecule has 0 aromatic carbocycles. The van der Waals surface area contributed by atoms with Crippen LogP contribution in [0.15, 0.2) is 18.3 Å². The molecular weight excluding hydrogens is 193 g/mol. The topological polar surface area (TPSA) is 28.2 Å². The molecule has 0 saturated carbocycles. The van der Waals surface area contributed by atoms with Crippen LogP contribution in [0.2, 0.25) is 0 Å². The van der Waals surface area contributed by atoms with Gasteiger partial charge >= 0.3 is 0 Å². The van der Waals surface area contributed by atoms with Crippen LogP contribution in [-0.2, 0) is 0 Å². The van der Waals surface area contributed by atoms with Crippen molar-refractivity contribution in [3.05, 3.63) is 24.3 Å². The predicted octanol–water partition coefficient (Wildman–Crippen LogP) is 1.73. The zero-order valence-corrected chi connectivity index (χ0v) is 8.91. The summed E-state index contributed by atoms with van der Waals surface area (Å²) in [6, 6.07) is 3.79. The van der Waals surface area contributed by atoms with Crippen molar-refractivity contribution < 1.29 is 4.39 Å². The number of nitrogens with zero attached hydrogens (tertiary/aromatic N) is 2. The first kappa shape index (κ1) is 10.4. The van der Waals surface area contributed by atoms with Crippen LogP contribution in [0, 0.1) is 5.95 Å². The van der Waals surface area contributed by atoms with Crippen LogP contribution >= 0.6 is 0 Å². The van der Waals surface area contributed by atoms with Crippen molar-refractivity contribution >= 4 is 5.69 Å². The van der Waals surface area contributed by atoms with Crippen LogP contribution in [0.1, 0.15) is 12.8 Å². The Morgan fingerprint density at radius 1 is 1.67 bits per heavy atom. The zero-order chi connectivity index (χ0) is 10.7. The van der Waals surface area contributed by atoms with E-state index in [1.54, 1.807) is 6.07 Å². The van der Waals surface area contributed by atoms with E-state index in [1.807, 2.05) is 0 Å². The standard InChI is InChI=1S/C11H16FN3/c1-15-6-2-3-10(15)8-14-9-4-5-13-11(12)7-9/h4-5,7,10H,2-3,6,8H2,1H3,(H,13,14). The molecule has 1 aliphatic rings. The van der Waals surface area contributed by atoms with Crippen molar-refractivity contribution in [2.45, 2.75) is 18.9 Å². The first-order chi connectivity index (χ1) is 7.25. The Morgan fingerprint density at radius 2 is 2.53 bits per heavy atom. The molecule has 1 atom stereocenters. The first-order valence-corrected chi connectivity index (χ1v) is 5.31. The molecule has 2 heterocycles. The SMILES string of the molecule is CN1CCCC1CNc1ccnc(F)c1. The number of pyridine rings is 1. The molecule has 1 aromatic heterocycles. The van der Waals surface area contributed by atoms with E-state index in [4.69, 9.17) is 0 Å².